The Morgan fingerprint density at radius 1 is 0.842 bits per heavy atom. The number of nitrogens with one attached hydrogen (secondary N) is 1. The highest BCUT2D eigenvalue weighted by Crippen LogP contribution is 2.07. The Bertz CT molecular complexity index is 332. The van der Waals surface area contributed by atoms with Gasteiger partial charge in [0.05, 0.1) is 0 Å². The molecule has 2 amide bonds. The van der Waals surface area contributed by atoms with Crippen molar-refractivity contribution < 1.29 is 9.59 Å². The van der Waals surface area contributed by atoms with Gasteiger partial charge in [-0.15, -0.1) is 0 Å². The molecule has 0 aliphatic carbocycles. The van der Waals surface area contributed by atoms with Crippen LogP contribution in [0.4, 0.5) is 0 Å². The maximum absolute atomic E-state index is 12.2. The summed E-state index contributed by atoms with van der Waals surface area (Å²) < 4.78 is 0. The third-order valence-electron chi connectivity index (χ3n) is 3.92. The van der Waals surface area contributed by atoms with Crippen LogP contribution >= 0.6 is 0 Å². The second kappa shape index (κ2) is 6.34. The molecule has 2 rings (SSSR count). The van der Waals surface area contributed by atoms with E-state index in [1.165, 1.54) is 0 Å². The summed E-state index contributed by atoms with van der Waals surface area (Å²) in [4.78, 5) is 30.0. The van der Waals surface area contributed by atoms with Crippen molar-refractivity contribution in [3.63, 3.8) is 0 Å². The summed E-state index contributed by atoms with van der Waals surface area (Å²) in [5.74, 6) is -0.662. The highest BCUT2D eigenvalue weighted by Gasteiger charge is 2.30. The Hall–Kier alpha value is -1.14. The molecule has 0 saturated carbocycles. The summed E-state index contributed by atoms with van der Waals surface area (Å²) in [6, 6.07) is 0.501. The molecule has 0 unspecified atom stereocenters. The van der Waals surface area contributed by atoms with Gasteiger partial charge in [0.2, 0.25) is 0 Å². The number of nitrogens with zero attached hydrogens (tertiary/aromatic N) is 3. The zero-order valence-electron chi connectivity index (χ0n) is 11.9. The Balaban J connectivity index is 1.85. The molecule has 0 bridgehead atoms. The normalized spacial score (nSPS) is 21.8. The van der Waals surface area contributed by atoms with Crippen LogP contribution in [0.2, 0.25) is 0 Å². The van der Waals surface area contributed by atoms with E-state index in [9.17, 15) is 9.59 Å². The summed E-state index contributed by atoms with van der Waals surface area (Å²) in [5, 5.41) is 3.18. The molecule has 6 nitrogen and oxygen atoms in total. The second-order valence-corrected chi connectivity index (χ2v) is 5.46. The molecule has 1 N–H and O–H groups in total. The van der Waals surface area contributed by atoms with Crippen molar-refractivity contribution >= 4 is 11.8 Å². The molecular formula is C13H24N4O2. The zero-order valence-corrected chi connectivity index (χ0v) is 11.9. The van der Waals surface area contributed by atoms with E-state index in [4.69, 9.17) is 0 Å². The summed E-state index contributed by atoms with van der Waals surface area (Å²) in [7, 11) is 0. The van der Waals surface area contributed by atoms with Crippen LogP contribution in [0.3, 0.4) is 0 Å². The summed E-state index contributed by atoms with van der Waals surface area (Å²) in [6.07, 6.45) is 0. The maximum Gasteiger partial charge on any atom is 0.312 e. The predicted molar refractivity (Wildman–Crippen MR) is 72.7 cm³/mol. The van der Waals surface area contributed by atoms with Crippen molar-refractivity contribution in [2.45, 2.75) is 19.9 Å². The Kier molecular flexibility index (Phi) is 4.76. The van der Waals surface area contributed by atoms with Gasteiger partial charge < -0.3 is 15.1 Å². The minimum absolute atomic E-state index is 0.328. The van der Waals surface area contributed by atoms with Crippen LogP contribution in [0.25, 0.3) is 0 Å². The molecular weight excluding hydrogens is 244 g/mol. The van der Waals surface area contributed by atoms with Gasteiger partial charge in [-0.3, -0.25) is 14.5 Å². The van der Waals surface area contributed by atoms with Gasteiger partial charge >= 0.3 is 11.8 Å². The van der Waals surface area contributed by atoms with E-state index in [-0.39, 0.29) is 11.8 Å². The first-order valence-corrected chi connectivity index (χ1v) is 7.12. The molecule has 0 aromatic rings. The monoisotopic (exact) mass is 268 g/mol. The maximum atomic E-state index is 12.2. The minimum Gasteiger partial charge on any atom is -0.332 e. The molecule has 2 saturated heterocycles. The number of piperazine rings is 2. The zero-order chi connectivity index (χ0) is 13.8. The topological polar surface area (TPSA) is 55.9 Å². The van der Waals surface area contributed by atoms with Gasteiger partial charge in [-0.1, -0.05) is 0 Å². The standard InChI is InChI=1S/C13H24N4O2/c1-11(2)15-7-9-17(10-8-15)13(19)12(18)16-5-3-14-4-6-16/h11,14H,3-10H2,1-2H3. The fourth-order valence-electron chi connectivity index (χ4n) is 2.58. The fraction of sp³-hybridized carbons (Fsp3) is 0.846. The first kappa shape index (κ1) is 14.3. The van der Waals surface area contributed by atoms with Crippen molar-refractivity contribution in [3.05, 3.63) is 0 Å². The van der Waals surface area contributed by atoms with Gasteiger partial charge in [0.15, 0.2) is 0 Å². The van der Waals surface area contributed by atoms with E-state index >= 15 is 0 Å². The Morgan fingerprint density at radius 3 is 1.79 bits per heavy atom. The smallest absolute Gasteiger partial charge is 0.312 e. The van der Waals surface area contributed by atoms with Crippen LogP contribution in [0.5, 0.6) is 0 Å². The molecule has 2 aliphatic rings. The highest BCUT2D eigenvalue weighted by molar-refractivity contribution is 6.34. The van der Waals surface area contributed by atoms with Crippen LogP contribution in [-0.4, -0.2) is 84.9 Å². The van der Waals surface area contributed by atoms with Crippen molar-refractivity contribution in [1.82, 2.24) is 20.0 Å². The van der Waals surface area contributed by atoms with Gasteiger partial charge in [-0.05, 0) is 13.8 Å². The van der Waals surface area contributed by atoms with Crippen LogP contribution in [-0.2, 0) is 9.59 Å². The number of rotatable bonds is 1. The van der Waals surface area contributed by atoms with Crippen molar-refractivity contribution in [2.75, 3.05) is 52.4 Å². The average molecular weight is 268 g/mol. The van der Waals surface area contributed by atoms with Crippen molar-refractivity contribution in [3.8, 4) is 0 Å². The lowest BCUT2D eigenvalue weighted by atomic mass is 10.2. The van der Waals surface area contributed by atoms with Crippen molar-refractivity contribution in [1.29, 1.82) is 0 Å². The third-order valence-corrected chi connectivity index (χ3v) is 3.92. The van der Waals surface area contributed by atoms with E-state index in [0.717, 1.165) is 26.2 Å². The minimum atomic E-state index is -0.334. The van der Waals surface area contributed by atoms with E-state index < -0.39 is 0 Å². The van der Waals surface area contributed by atoms with Gasteiger partial charge in [0, 0.05) is 58.4 Å². The molecule has 2 heterocycles. The fourth-order valence-corrected chi connectivity index (χ4v) is 2.58. The number of carbonyl (C=O) groups excluding carboxylic acids is 2. The molecule has 0 radical (unpaired) electrons. The number of carbonyl (C=O) groups is 2. The Labute approximate surface area is 114 Å². The summed E-state index contributed by atoms with van der Waals surface area (Å²) >= 11 is 0. The number of hydrogen-bond acceptors (Lipinski definition) is 4. The van der Waals surface area contributed by atoms with Gasteiger partial charge in [-0.25, -0.2) is 0 Å². The summed E-state index contributed by atoms with van der Waals surface area (Å²) in [5.41, 5.74) is 0. The largest absolute Gasteiger partial charge is 0.332 e. The molecule has 0 aromatic heterocycles. The lowest BCUT2D eigenvalue weighted by Gasteiger charge is -2.37. The van der Waals surface area contributed by atoms with Gasteiger partial charge in [0.1, 0.15) is 0 Å². The number of amides is 2. The predicted octanol–water partition coefficient (Wildman–Crippen LogP) is -1.03. The molecule has 2 aliphatic heterocycles. The van der Waals surface area contributed by atoms with Crippen LogP contribution < -0.4 is 5.32 Å². The molecule has 19 heavy (non-hydrogen) atoms. The Morgan fingerprint density at radius 2 is 1.32 bits per heavy atom. The van der Waals surface area contributed by atoms with E-state index in [1.807, 2.05) is 0 Å². The van der Waals surface area contributed by atoms with E-state index in [1.54, 1.807) is 9.80 Å². The molecule has 6 heteroatoms. The molecule has 0 spiro atoms. The van der Waals surface area contributed by atoms with Gasteiger partial charge in [-0.2, -0.15) is 0 Å². The quantitative estimate of drug-likeness (QED) is 0.618. The van der Waals surface area contributed by atoms with Crippen molar-refractivity contribution in [2.24, 2.45) is 0 Å². The van der Waals surface area contributed by atoms with Crippen LogP contribution in [0.1, 0.15) is 13.8 Å². The van der Waals surface area contributed by atoms with E-state index in [0.29, 0.717) is 32.2 Å². The second-order valence-electron chi connectivity index (χ2n) is 5.46. The lowest BCUT2D eigenvalue weighted by molar-refractivity contribution is -0.153. The molecule has 2 fully saturated rings. The molecule has 108 valence electrons. The summed E-state index contributed by atoms with van der Waals surface area (Å²) in [6.45, 7) is 10.2. The van der Waals surface area contributed by atoms with Crippen LogP contribution in [0, 0.1) is 0 Å². The SMILES string of the molecule is CC(C)N1CCN(C(=O)C(=O)N2CCNCC2)CC1. The van der Waals surface area contributed by atoms with Gasteiger partial charge in [0.25, 0.3) is 0 Å². The molecule has 0 atom stereocenters. The third kappa shape index (κ3) is 3.45. The van der Waals surface area contributed by atoms with E-state index in [2.05, 4.69) is 24.1 Å². The lowest BCUT2D eigenvalue weighted by Crippen LogP contribution is -2.56. The molecule has 0 aromatic carbocycles. The first-order chi connectivity index (χ1) is 9.09. The highest BCUT2D eigenvalue weighted by atomic mass is 16.2. The van der Waals surface area contributed by atoms with Crippen LogP contribution in [0.15, 0.2) is 0 Å². The number of hydrogen-bond donors (Lipinski definition) is 1. The first-order valence-electron chi connectivity index (χ1n) is 7.12. The average Bonchev–Trinajstić information content (AvgIpc) is 2.46.